The van der Waals surface area contributed by atoms with Crippen LogP contribution in [0.1, 0.15) is 11.1 Å². The molecule has 11 heteroatoms. The first-order chi connectivity index (χ1) is 12.1. The van der Waals surface area contributed by atoms with E-state index in [1.54, 1.807) is 0 Å². The summed E-state index contributed by atoms with van der Waals surface area (Å²) in [6.45, 7) is -0.804. The highest BCUT2D eigenvalue weighted by molar-refractivity contribution is 5.91. The normalized spacial score (nSPS) is 10.8. The molecule has 0 atom stereocenters. The fourth-order valence-corrected chi connectivity index (χ4v) is 2.10. The molecule has 0 saturated carbocycles. The summed E-state index contributed by atoms with van der Waals surface area (Å²) in [6, 6.07) is 6.42. The van der Waals surface area contributed by atoms with Gasteiger partial charge in [-0.25, -0.2) is 0 Å². The lowest BCUT2D eigenvalue weighted by molar-refractivity contribution is -0.385. The summed E-state index contributed by atoms with van der Waals surface area (Å²) in [4.78, 5) is 33.9. The maximum atomic E-state index is 12.9. The average Bonchev–Trinajstić information content (AvgIpc) is 2.56. The summed E-state index contributed by atoms with van der Waals surface area (Å²) < 4.78 is 39.3. The smallest absolute Gasteiger partial charge is 0.324 e. The summed E-state index contributed by atoms with van der Waals surface area (Å²) in [6.07, 6.45) is -3.97. The molecule has 1 N–H and O–H groups in total. The molecule has 1 aromatic heterocycles. The van der Waals surface area contributed by atoms with Gasteiger partial charge in [0, 0.05) is 6.07 Å². The van der Waals surface area contributed by atoms with Crippen molar-refractivity contribution in [1.82, 2.24) is 4.57 Å². The van der Waals surface area contributed by atoms with Gasteiger partial charge in [-0.3, -0.25) is 24.3 Å². The molecule has 0 unspecified atom stereocenters. The van der Waals surface area contributed by atoms with Crippen LogP contribution < -0.4 is 10.9 Å². The predicted octanol–water partition coefficient (Wildman–Crippen LogP) is 2.29. The van der Waals surface area contributed by atoms with Crippen LogP contribution in [0.2, 0.25) is 0 Å². The third-order valence-electron chi connectivity index (χ3n) is 3.22. The van der Waals surface area contributed by atoms with E-state index in [9.17, 15) is 32.9 Å². The molecule has 2 aromatic rings. The molecule has 0 saturated heterocycles. The molecule has 26 heavy (non-hydrogen) atoms. The quantitative estimate of drug-likeness (QED) is 0.658. The number of nitriles is 1. The van der Waals surface area contributed by atoms with Crippen molar-refractivity contribution < 1.29 is 22.9 Å². The number of nitro groups is 1. The number of halogens is 3. The van der Waals surface area contributed by atoms with E-state index in [4.69, 9.17) is 5.26 Å². The van der Waals surface area contributed by atoms with Gasteiger partial charge in [0.1, 0.15) is 18.2 Å². The van der Waals surface area contributed by atoms with E-state index in [1.807, 2.05) is 5.32 Å². The number of para-hydroxylation sites is 1. The Labute approximate surface area is 143 Å². The van der Waals surface area contributed by atoms with Crippen molar-refractivity contribution in [1.29, 1.82) is 5.26 Å². The highest BCUT2D eigenvalue weighted by Crippen LogP contribution is 2.34. The number of aromatic nitrogens is 1. The summed E-state index contributed by atoms with van der Waals surface area (Å²) in [5.74, 6) is -1.02. The zero-order valence-corrected chi connectivity index (χ0v) is 12.8. The second-order valence-electron chi connectivity index (χ2n) is 5.01. The standard InChI is InChI=1S/C15H9F3N4O4/c16-15(17,18)11-3-1-2-4-12(11)20-13(23)8-21-7-10(22(25)26)5-9(6-19)14(21)24/h1-5,7H,8H2,(H,20,23). The highest BCUT2D eigenvalue weighted by Gasteiger charge is 2.33. The van der Waals surface area contributed by atoms with Gasteiger partial charge in [0.25, 0.3) is 11.2 Å². The molecule has 8 nitrogen and oxygen atoms in total. The van der Waals surface area contributed by atoms with E-state index in [1.165, 1.54) is 12.1 Å². The van der Waals surface area contributed by atoms with Gasteiger partial charge in [-0.15, -0.1) is 0 Å². The molecule has 0 spiro atoms. The number of rotatable bonds is 4. The molecular weight excluding hydrogens is 357 g/mol. The van der Waals surface area contributed by atoms with Crippen molar-refractivity contribution in [3.63, 3.8) is 0 Å². The largest absolute Gasteiger partial charge is 0.418 e. The molecule has 0 aliphatic carbocycles. The van der Waals surface area contributed by atoms with Gasteiger partial charge in [-0.05, 0) is 12.1 Å². The molecule has 134 valence electrons. The number of amides is 1. The molecule has 2 rings (SSSR count). The fraction of sp³-hybridized carbons (Fsp3) is 0.133. The summed E-state index contributed by atoms with van der Waals surface area (Å²) in [7, 11) is 0. The van der Waals surface area contributed by atoms with Gasteiger partial charge in [0.2, 0.25) is 5.91 Å². The Hall–Kier alpha value is -3.68. The van der Waals surface area contributed by atoms with Gasteiger partial charge < -0.3 is 5.32 Å². The first-order valence-corrected chi connectivity index (χ1v) is 6.88. The monoisotopic (exact) mass is 366 g/mol. The third kappa shape index (κ3) is 4.04. The van der Waals surface area contributed by atoms with Crippen LogP contribution in [0.15, 0.2) is 41.3 Å². The van der Waals surface area contributed by atoms with Crippen LogP contribution in [0.5, 0.6) is 0 Å². The lowest BCUT2D eigenvalue weighted by Gasteiger charge is -2.14. The number of nitrogens with zero attached hydrogens (tertiary/aromatic N) is 3. The minimum Gasteiger partial charge on any atom is -0.324 e. The number of carbonyl (C=O) groups is 1. The number of benzene rings is 1. The van der Waals surface area contributed by atoms with Crippen LogP contribution in [0.3, 0.4) is 0 Å². The molecule has 0 aliphatic rings. The zero-order chi connectivity index (χ0) is 19.5. The van der Waals surface area contributed by atoms with Gasteiger partial charge >= 0.3 is 6.18 Å². The van der Waals surface area contributed by atoms with Gasteiger partial charge in [-0.1, -0.05) is 12.1 Å². The van der Waals surface area contributed by atoms with Crippen LogP contribution in [0.25, 0.3) is 0 Å². The van der Waals surface area contributed by atoms with Gasteiger partial charge in [0.15, 0.2) is 0 Å². The Kier molecular flexibility index (Phi) is 5.06. The maximum absolute atomic E-state index is 12.9. The second kappa shape index (κ2) is 7.06. The first-order valence-electron chi connectivity index (χ1n) is 6.88. The van der Waals surface area contributed by atoms with Crippen LogP contribution in [0.4, 0.5) is 24.5 Å². The number of pyridine rings is 1. The highest BCUT2D eigenvalue weighted by atomic mass is 19.4. The number of carbonyl (C=O) groups excluding carboxylic acids is 1. The minimum absolute atomic E-state index is 0.524. The second-order valence-corrected chi connectivity index (χ2v) is 5.01. The molecule has 0 aliphatic heterocycles. The van der Waals surface area contributed by atoms with E-state index < -0.39 is 51.6 Å². The number of alkyl halides is 3. The lowest BCUT2D eigenvalue weighted by atomic mass is 10.1. The van der Waals surface area contributed by atoms with Crippen LogP contribution in [-0.4, -0.2) is 15.4 Å². The SMILES string of the molecule is N#Cc1cc([N+](=O)[O-])cn(CC(=O)Nc2ccccc2C(F)(F)F)c1=O. The Balaban J connectivity index is 2.33. The Morgan fingerprint density at radius 3 is 2.58 bits per heavy atom. The molecule has 0 radical (unpaired) electrons. The topological polar surface area (TPSA) is 118 Å². The van der Waals surface area contributed by atoms with Crippen LogP contribution >= 0.6 is 0 Å². The number of hydrogen-bond acceptors (Lipinski definition) is 5. The predicted molar refractivity (Wildman–Crippen MR) is 82.1 cm³/mol. The van der Waals surface area contributed by atoms with E-state index in [-0.39, 0.29) is 0 Å². The lowest BCUT2D eigenvalue weighted by Crippen LogP contribution is -2.29. The van der Waals surface area contributed by atoms with Gasteiger partial charge in [-0.2, -0.15) is 18.4 Å². The number of hydrogen-bond donors (Lipinski definition) is 1. The fourth-order valence-electron chi connectivity index (χ4n) is 2.10. The van der Waals surface area contributed by atoms with Crippen molar-refractivity contribution in [3.8, 4) is 6.07 Å². The van der Waals surface area contributed by atoms with Crippen LogP contribution in [-0.2, 0) is 17.5 Å². The zero-order valence-electron chi connectivity index (χ0n) is 12.8. The van der Waals surface area contributed by atoms with E-state index >= 15 is 0 Å². The number of nitrogens with one attached hydrogen (secondary N) is 1. The summed E-state index contributed by atoms with van der Waals surface area (Å²) in [5, 5.41) is 21.7. The Morgan fingerprint density at radius 1 is 1.35 bits per heavy atom. The maximum Gasteiger partial charge on any atom is 0.418 e. The number of anilines is 1. The summed E-state index contributed by atoms with van der Waals surface area (Å²) in [5.41, 5.74) is -3.76. The van der Waals surface area contributed by atoms with Crippen molar-refractivity contribution in [2.24, 2.45) is 0 Å². The van der Waals surface area contributed by atoms with Crippen molar-refractivity contribution in [2.45, 2.75) is 12.7 Å². The van der Waals surface area contributed by atoms with Crippen LogP contribution in [0, 0.1) is 21.4 Å². The first kappa shape index (κ1) is 18.7. The molecule has 1 aromatic carbocycles. The summed E-state index contributed by atoms with van der Waals surface area (Å²) >= 11 is 0. The van der Waals surface area contributed by atoms with Crippen molar-refractivity contribution >= 4 is 17.3 Å². The third-order valence-corrected chi connectivity index (χ3v) is 3.22. The van der Waals surface area contributed by atoms with Crippen molar-refractivity contribution in [2.75, 3.05) is 5.32 Å². The van der Waals surface area contributed by atoms with Crippen molar-refractivity contribution in [3.05, 3.63) is 68.1 Å². The molecule has 1 heterocycles. The van der Waals surface area contributed by atoms with E-state index in [0.717, 1.165) is 30.5 Å². The minimum atomic E-state index is -4.71. The Bertz CT molecular complexity index is 976. The average molecular weight is 366 g/mol. The molecule has 0 fully saturated rings. The molecule has 1 amide bonds. The molecule has 0 bridgehead atoms. The van der Waals surface area contributed by atoms with Gasteiger partial charge in [0.05, 0.1) is 22.4 Å². The Morgan fingerprint density at radius 2 is 2.00 bits per heavy atom. The molecular formula is C15H9F3N4O4. The van der Waals surface area contributed by atoms with E-state index in [0.29, 0.717) is 4.57 Å². The van der Waals surface area contributed by atoms with E-state index in [2.05, 4.69) is 0 Å².